The molecule has 0 spiro atoms. The number of hydrogen-bond acceptors (Lipinski definition) is 5. The fraction of sp³-hybridized carbons (Fsp3) is 0.364. The molecule has 4 rings (SSSR count). The van der Waals surface area contributed by atoms with Gasteiger partial charge in [0.05, 0.1) is 0 Å². The summed E-state index contributed by atoms with van der Waals surface area (Å²) >= 11 is 0. The van der Waals surface area contributed by atoms with E-state index in [2.05, 4.69) is 25.2 Å². The number of benzene rings is 1. The number of rotatable bonds is 7. The van der Waals surface area contributed by atoms with Crippen LogP contribution in [-0.4, -0.2) is 44.6 Å². The van der Waals surface area contributed by atoms with E-state index in [0.717, 1.165) is 37.2 Å². The van der Waals surface area contributed by atoms with Crippen LogP contribution in [0.1, 0.15) is 31.2 Å². The molecule has 7 nitrogen and oxygen atoms in total. The summed E-state index contributed by atoms with van der Waals surface area (Å²) in [6.07, 6.45) is 11.1. The van der Waals surface area contributed by atoms with E-state index in [0.29, 0.717) is 25.3 Å². The van der Waals surface area contributed by atoms with Gasteiger partial charge in [0.2, 0.25) is 11.9 Å². The van der Waals surface area contributed by atoms with Crippen LogP contribution in [-0.2, 0) is 11.2 Å². The Bertz CT molecular complexity index is 960. The number of anilines is 1. The van der Waals surface area contributed by atoms with Crippen LogP contribution in [0.4, 0.5) is 10.2 Å². The molecule has 0 saturated carbocycles. The number of carbonyl (C=O) groups excluding carboxylic acids is 1. The fourth-order valence-electron chi connectivity index (χ4n) is 3.80. The first kappa shape index (κ1) is 20.0. The van der Waals surface area contributed by atoms with Crippen molar-refractivity contribution in [3.05, 3.63) is 66.6 Å². The Morgan fingerprint density at radius 3 is 2.83 bits per heavy atom. The average Bonchev–Trinajstić information content (AvgIpc) is 3.31. The smallest absolute Gasteiger partial charge is 0.236 e. The molecule has 1 atom stereocenters. The highest BCUT2D eigenvalue weighted by Crippen LogP contribution is 2.25. The van der Waals surface area contributed by atoms with Gasteiger partial charge in [-0.1, -0.05) is 12.1 Å². The van der Waals surface area contributed by atoms with Crippen molar-refractivity contribution in [2.45, 2.75) is 38.1 Å². The minimum absolute atomic E-state index is 0.0258. The van der Waals surface area contributed by atoms with Crippen LogP contribution >= 0.6 is 0 Å². The first-order chi connectivity index (χ1) is 14.7. The van der Waals surface area contributed by atoms with Crippen LogP contribution in [0.2, 0.25) is 0 Å². The maximum absolute atomic E-state index is 13.0. The molecule has 0 aliphatic carbocycles. The normalized spacial score (nSPS) is 16.4. The highest BCUT2D eigenvalue weighted by molar-refractivity contribution is 5.77. The predicted molar refractivity (Wildman–Crippen MR) is 112 cm³/mol. The highest BCUT2D eigenvalue weighted by Gasteiger charge is 2.26. The summed E-state index contributed by atoms with van der Waals surface area (Å²) in [7, 11) is 0. The third-order valence-corrected chi connectivity index (χ3v) is 5.36. The molecule has 8 heteroatoms. The third kappa shape index (κ3) is 5.00. The van der Waals surface area contributed by atoms with Gasteiger partial charge in [0.15, 0.2) is 0 Å². The number of nitrogens with one attached hydrogen (secondary N) is 1. The number of piperidine rings is 1. The second-order valence-electron chi connectivity index (χ2n) is 7.46. The number of hydrogen-bond donors (Lipinski definition) is 1. The van der Waals surface area contributed by atoms with Gasteiger partial charge in [0, 0.05) is 44.1 Å². The minimum atomic E-state index is -0.249. The summed E-state index contributed by atoms with van der Waals surface area (Å²) in [5.74, 6) is 1.18. The molecule has 30 heavy (non-hydrogen) atoms. The van der Waals surface area contributed by atoms with E-state index in [1.165, 1.54) is 12.1 Å². The summed E-state index contributed by atoms with van der Waals surface area (Å²) in [4.78, 5) is 27.8. The van der Waals surface area contributed by atoms with Crippen molar-refractivity contribution < 1.29 is 9.18 Å². The molecule has 1 saturated heterocycles. The van der Waals surface area contributed by atoms with Gasteiger partial charge in [-0.3, -0.25) is 9.36 Å². The Kier molecular flexibility index (Phi) is 6.32. The van der Waals surface area contributed by atoms with Gasteiger partial charge in [-0.25, -0.2) is 14.4 Å². The average molecular weight is 408 g/mol. The number of halogens is 1. The van der Waals surface area contributed by atoms with Gasteiger partial charge in [0.25, 0.3) is 0 Å². The van der Waals surface area contributed by atoms with Crippen molar-refractivity contribution in [1.29, 1.82) is 0 Å². The van der Waals surface area contributed by atoms with Gasteiger partial charge >= 0.3 is 0 Å². The molecule has 1 aliphatic rings. The summed E-state index contributed by atoms with van der Waals surface area (Å²) < 4.78 is 14.8. The lowest BCUT2D eigenvalue weighted by molar-refractivity contribution is -0.121. The summed E-state index contributed by atoms with van der Waals surface area (Å²) in [6.45, 7) is 1.41. The van der Waals surface area contributed by atoms with Crippen LogP contribution in [0.3, 0.4) is 0 Å². The molecule has 0 bridgehead atoms. The standard InChI is InChI=1S/C22H25FN6O/c23-18-6-4-17(5-7-18)8-10-25-21(30)15-19-3-1-2-13-29(19)20-9-11-26-22(27-20)28-14-12-24-16-28/h4-7,9,11-12,14,16,19H,1-3,8,10,13,15H2,(H,25,30). The SMILES string of the molecule is O=C(CC1CCCCN1c1ccnc(-n2ccnc2)n1)NCCc1ccc(F)cc1. The monoisotopic (exact) mass is 408 g/mol. The molecule has 0 radical (unpaired) electrons. The summed E-state index contributed by atoms with van der Waals surface area (Å²) in [5.41, 5.74) is 1.00. The molecule has 156 valence electrons. The lowest BCUT2D eigenvalue weighted by Crippen LogP contribution is -2.43. The van der Waals surface area contributed by atoms with E-state index >= 15 is 0 Å². The molecule has 1 amide bonds. The Balaban J connectivity index is 1.36. The Labute approximate surface area is 175 Å². The van der Waals surface area contributed by atoms with Crippen molar-refractivity contribution in [1.82, 2.24) is 24.8 Å². The van der Waals surface area contributed by atoms with E-state index in [1.807, 2.05) is 6.07 Å². The predicted octanol–water partition coefficient (Wildman–Crippen LogP) is 2.91. The van der Waals surface area contributed by atoms with Gasteiger partial charge in [-0.2, -0.15) is 4.98 Å². The number of nitrogens with zero attached hydrogens (tertiary/aromatic N) is 5. The maximum atomic E-state index is 13.0. The minimum Gasteiger partial charge on any atom is -0.356 e. The van der Waals surface area contributed by atoms with E-state index < -0.39 is 0 Å². The Morgan fingerprint density at radius 2 is 2.03 bits per heavy atom. The van der Waals surface area contributed by atoms with Crippen LogP contribution in [0.5, 0.6) is 0 Å². The van der Waals surface area contributed by atoms with Crippen molar-refractivity contribution >= 4 is 11.7 Å². The first-order valence-corrected chi connectivity index (χ1v) is 10.3. The zero-order valence-electron chi connectivity index (χ0n) is 16.7. The number of carbonyl (C=O) groups is 1. The molecule has 1 N–H and O–H groups in total. The van der Waals surface area contributed by atoms with Gasteiger partial charge < -0.3 is 10.2 Å². The van der Waals surface area contributed by atoms with Crippen LogP contribution in [0.25, 0.3) is 5.95 Å². The maximum Gasteiger partial charge on any atom is 0.236 e. The highest BCUT2D eigenvalue weighted by atomic mass is 19.1. The van der Waals surface area contributed by atoms with Crippen LogP contribution in [0, 0.1) is 5.82 Å². The van der Waals surface area contributed by atoms with E-state index in [9.17, 15) is 9.18 Å². The summed E-state index contributed by atoms with van der Waals surface area (Å²) in [5, 5.41) is 2.99. The first-order valence-electron chi connectivity index (χ1n) is 10.3. The van der Waals surface area contributed by atoms with Crippen LogP contribution in [0.15, 0.2) is 55.2 Å². The van der Waals surface area contributed by atoms with E-state index in [4.69, 9.17) is 0 Å². The van der Waals surface area contributed by atoms with Crippen molar-refractivity contribution in [3.8, 4) is 5.95 Å². The Hall–Kier alpha value is -3.29. The molecule has 2 aromatic heterocycles. The van der Waals surface area contributed by atoms with Crippen molar-refractivity contribution in [2.24, 2.45) is 0 Å². The molecule has 1 unspecified atom stereocenters. The lowest BCUT2D eigenvalue weighted by Gasteiger charge is -2.36. The van der Waals surface area contributed by atoms with Crippen molar-refractivity contribution in [2.75, 3.05) is 18.0 Å². The number of imidazole rings is 1. The number of amides is 1. The molecule has 1 aliphatic heterocycles. The zero-order chi connectivity index (χ0) is 20.8. The molecule has 1 fully saturated rings. The largest absolute Gasteiger partial charge is 0.356 e. The van der Waals surface area contributed by atoms with Gasteiger partial charge in [-0.15, -0.1) is 0 Å². The third-order valence-electron chi connectivity index (χ3n) is 5.36. The zero-order valence-corrected chi connectivity index (χ0v) is 16.7. The molecule has 3 heterocycles. The van der Waals surface area contributed by atoms with Gasteiger partial charge in [-0.05, 0) is 49.4 Å². The topological polar surface area (TPSA) is 75.9 Å². The lowest BCUT2D eigenvalue weighted by atomic mass is 9.99. The molecular formula is C22H25FN6O. The van der Waals surface area contributed by atoms with Crippen molar-refractivity contribution in [3.63, 3.8) is 0 Å². The van der Waals surface area contributed by atoms with E-state index in [-0.39, 0.29) is 17.8 Å². The molecule has 1 aromatic carbocycles. The second kappa shape index (κ2) is 9.47. The van der Waals surface area contributed by atoms with Gasteiger partial charge in [0.1, 0.15) is 18.0 Å². The Morgan fingerprint density at radius 1 is 1.17 bits per heavy atom. The summed E-state index contributed by atoms with van der Waals surface area (Å²) in [6, 6.07) is 8.38. The number of aromatic nitrogens is 4. The second-order valence-corrected chi connectivity index (χ2v) is 7.46. The molecular weight excluding hydrogens is 383 g/mol. The molecule has 3 aromatic rings. The van der Waals surface area contributed by atoms with E-state index in [1.54, 1.807) is 41.6 Å². The quantitative estimate of drug-likeness (QED) is 0.651. The fourth-order valence-corrected chi connectivity index (χ4v) is 3.80. The van der Waals surface area contributed by atoms with Crippen LogP contribution < -0.4 is 10.2 Å².